The van der Waals surface area contributed by atoms with Crippen LogP contribution in [-0.2, 0) is 4.74 Å². The van der Waals surface area contributed by atoms with Gasteiger partial charge >= 0.3 is 6.09 Å². The van der Waals surface area contributed by atoms with E-state index in [4.69, 9.17) is 4.74 Å². The zero-order chi connectivity index (χ0) is 13.9. The fourth-order valence-corrected chi connectivity index (χ4v) is 2.73. The highest BCUT2D eigenvalue weighted by Gasteiger charge is 2.33. The highest BCUT2D eigenvalue weighted by atomic mass is 16.6. The maximum atomic E-state index is 12.4. The van der Waals surface area contributed by atoms with E-state index in [1.165, 1.54) is 19.3 Å². The third kappa shape index (κ3) is 4.37. The smallest absolute Gasteiger partial charge is 0.410 e. The summed E-state index contributed by atoms with van der Waals surface area (Å²) < 4.78 is 5.57. The monoisotopic (exact) mass is 268 g/mol. The zero-order valence-corrected chi connectivity index (χ0v) is 12.6. The maximum absolute atomic E-state index is 12.4. The second kappa shape index (κ2) is 6.12. The largest absolute Gasteiger partial charge is 0.444 e. The van der Waals surface area contributed by atoms with Crippen molar-refractivity contribution in [2.24, 2.45) is 5.92 Å². The fourth-order valence-electron chi connectivity index (χ4n) is 2.73. The van der Waals surface area contributed by atoms with Gasteiger partial charge in [0.25, 0.3) is 0 Å². The van der Waals surface area contributed by atoms with Gasteiger partial charge in [-0.2, -0.15) is 0 Å². The van der Waals surface area contributed by atoms with Crippen LogP contribution in [0.15, 0.2) is 0 Å². The van der Waals surface area contributed by atoms with Crippen molar-refractivity contribution < 1.29 is 9.53 Å². The molecule has 2 fully saturated rings. The first kappa shape index (κ1) is 14.6. The van der Waals surface area contributed by atoms with Gasteiger partial charge in [-0.25, -0.2) is 4.79 Å². The molecule has 4 nitrogen and oxygen atoms in total. The fraction of sp³-hybridized carbons (Fsp3) is 0.933. The van der Waals surface area contributed by atoms with Crippen LogP contribution in [0.5, 0.6) is 0 Å². The van der Waals surface area contributed by atoms with Gasteiger partial charge in [-0.3, -0.25) is 0 Å². The van der Waals surface area contributed by atoms with E-state index in [-0.39, 0.29) is 6.09 Å². The first-order valence-corrected chi connectivity index (χ1v) is 7.66. The third-order valence-corrected chi connectivity index (χ3v) is 4.06. The van der Waals surface area contributed by atoms with Gasteiger partial charge in [0, 0.05) is 12.6 Å². The Labute approximate surface area is 116 Å². The molecule has 0 aromatic heterocycles. The van der Waals surface area contributed by atoms with Gasteiger partial charge in [-0.1, -0.05) is 0 Å². The van der Waals surface area contributed by atoms with Crippen molar-refractivity contribution in [1.82, 2.24) is 10.2 Å². The van der Waals surface area contributed by atoms with Crippen molar-refractivity contribution in [2.75, 3.05) is 19.6 Å². The lowest BCUT2D eigenvalue weighted by molar-refractivity contribution is 0.00155. The van der Waals surface area contributed by atoms with Gasteiger partial charge in [0.15, 0.2) is 0 Å². The molecule has 2 aliphatic rings. The molecule has 1 amide bonds. The molecule has 4 heteroatoms. The first-order valence-electron chi connectivity index (χ1n) is 7.66. The lowest BCUT2D eigenvalue weighted by Gasteiger charge is -2.40. The number of carbonyl (C=O) groups is 1. The topological polar surface area (TPSA) is 41.6 Å². The van der Waals surface area contributed by atoms with Crippen LogP contribution in [0.4, 0.5) is 4.79 Å². The van der Waals surface area contributed by atoms with Gasteiger partial charge in [-0.05, 0) is 71.9 Å². The number of nitrogens with one attached hydrogen (secondary N) is 1. The number of hydrogen-bond acceptors (Lipinski definition) is 3. The molecule has 1 saturated carbocycles. The SMILES string of the molecule is CC(C)(C)OC(=O)N(CC1CCNCC1)C1CCC1. The summed E-state index contributed by atoms with van der Waals surface area (Å²) in [5, 5.41) is 3.38. The molecule has 19 heavy (non-hydrogen) atoms. The quantitative estimate of drug-likeness (QED) is 0.855. The Balaban J connectivity index is 1.92. The lowest BCUT2D eigenvalue weighted by Crippen LogP contribution is -2.49. The molecule has 110 valence electrons. The van der Waals surface area contributed by atoms with Crippen LogP contribution in [0.3, 0.4) is 0 Å². The number of amides is 1. The Morgan fingerprint density at radius 1 is 1.21 bits per heavy atom. The number of piperidine rings is 1. The molecule has 0 spiro atoms. The molecule has 0 aromatic carbocycles. The van der Waals surface area contributed by atoms with Crippen LogP contribution in [0, 0.1) is 5.92 Å². The Morgan fingerprint density at radius 2 is 1.84 bits per heavy atom. The molecule has 1 heterocycles. The molecule has 1 aliphatic heterocycles. The summed E-state index contributed by atoms with van der Waals surface area (Å²) in [7, 11) is 0. The molecule has 0 unspecified atom stereocenters. The van der Waals surface area contributed by atoms with E-state index in [0.717, 1.165) is 32.5 Å². The van der Waals surface area contributed by atoms with E-state index in [1.54, 1.807) is 0 Å². The van der Waals surface area contributed by atoms with Crippen molar-refractivity contribution in [3.63, 3.8) is 0 Å². The van der Waals surface area contributed by atoms with Crippen molar-refractivity contribution in [2.45, 2.75) is 64.5 Å². The standard InChI is InChI=1S/C15H28N2O2/c1-15(2,3)19-14(18)17(13-5-4-6-13)11-12-7-9-16-10-8-12/h12-13,16H,4-11H2,1-3H3. The normalized spacial score (nSPS) is 21.8. The van der Waals surface area contributed by atoms with E-state index in [0.29, 0.717) is 12.0 Å². The van der Waals surface area contributed by atoms with E-state index in [1.807, 2.05) is 25.7 Å². The van der Waals surface area contributed by atoms with E-state index >= 15 is 0 Å². The molecular formula is C15H28N2O2. The summed E-state index contributed by atoms with van der Waals surface area (Å²) in [5.74, 6) is 0.634. The first-order chi connectivity index (χ1) is 8.96. The maximum Gasteiger partial charge on any atom is 0.410 e. The average molecular weight is 268 g/mol. The van der Waals surface area contributed by atoms with Gasteiger partial charge in [-0.15, -0.1) is 0 Å². The molecule has 0 radical (unpaired) electrons. The van der Waals surface area contributed by atoms with E-state index < -0.39 is 5.60 Å². The summed E-state index contributed by atoms with van der Waals surface area (Å²) in [5.41, 5.74) is -0.396. The summed E-state index contributed by atoms with van der Waals surface area (Å²) in [6.45, 7) is 8.85. The predicted octanol–water partition coefficient (Wildman–Crippen LogP) is 2.78. The second-order valence-corrected chi connectivity index (χ2v) is 6.91. The Hall–Kier alpha value is -0.770. The van der Waals surface area contributed by atoms with E-state index in [9.17, 15) is 4.79 Å². The van der Waals surface area contributed by atoms with Crippen LogP contribution in [-0.4, -0.2) is 42.3 Å². The molecule has 0 bridgehead atoms. The average Bonchev–Trinajstić information content (AvgIpc) is 2.25. The summed E-state index contributed by atoms with van der Waals surface area (Å²) >= 11 is 0. The van der Waals surface area contributed by atoms with Crippen molar-refractivity contribution in [3.05, 3.63) is 0 Å². The number of carbonyl (C=O) groups excluding carboxylic acids is 1. The Morgan fingerprint density at radius 3 is 2.32 bits per heavy atom. The van der Waals surface area contributed by atoms with E-state index in [2.05, 4.69) is 5.32 Å². The van der Waals surface area contributed by atoms with Crippen LogP contribution in [0.1, 0.15) is 52.9 Å². The minimum Gasteiger partial charge on any atom is -0.444 e. The van der Waals surface area contributed by atoms with Crippen LogP contribution in [0.2, 0.25) is 0 Å². The zero-order valence-electron chi connectivity index (χ0n) is 12.6. The number of nitrogens with zero attached hydrogens (tertiary/aromatic N) is 1. The lowest BCUT2D eigenvalue weighted by atomic mass is 9.89. The molecule has 1 saturated heterocycles. The number of ether oxygens (including phenoxy) is 1. The molecule has 0 atom stereocenters. The summed E-state index contributed by atoms with van der Waals surface area (Å²) in [6, 6.07) is 0.421. The van der Waals surface area contributed by atoms with Crippen molar-refractivity contribution in [3.8, 4) is 0 Å². The molecule has 0 aromatic rings. The third-order valence-electron chi connectivity index (χ3n) is 4.06. The van der Waals surface area contributed by atoms with Crippen molar-refractivity contribution in [1.29, 1.82) is 0 Å². The van der Waals surface area contributed by atoms with Gasteiger partial charge < -0.3 is 15.0 Å². The summed E-state index contributed by atoms with van der Waals surface area (Å²) in [6.07, 6.45) is 5.76. The minimum atomic E-state index is -0.396. The minimum absolute atomic E-state index is 0.115. The highest BCUT2D eigenvalue weighted by Crippen LogP contribution is 2.28. The van der Waals surface area contributed by atoms with Crippen LogP contribution >= 0.6 is 0 Å². The molecular weight excluding hydrogens is 240 g/mol. The highest BCUT2D eigenvalue weighted by molar-refractivity contribution is 5.68. The summed E-state index contributed by atoms with van der Waals surface area (Å²) in [4.78, 5) is 14.4. The van der Waals surface area contributed by atoms with Crippen LogP contribution in [0.25, 0.3) is 0 Å². The van der Waals surface area contributed by atoms with Gasteiger partial charge in [0.2, 0.25) is 0 Å². The van der Waals surface area contributed by atoms with Crippen LogP contribution < -0.4 is 5.32 Å². The van der Waals surface area contributed by atoms with Crippen molar-refractivity contribution >= 4 is 6.09 Å². The number of hydrogen-bond donors (Lipinski definition) is 1. The Bertz CT molecular complexity index is 302. The number of rotatable bonds is 3. The predicted molar refractivity (Wildman–Crippen MR) is 76.2 cm³/mol. The molecule has 1 aliphatic carbocycles. The van der Waals surface area contributed by atoms with Gasteiger partial charge in [0.05, 0.1) is 0 Å². The molecule has 2 rings (SSSR count). The van der Waals surface area contributed by atoms with Gasteiger partial charge in [0.1, 0.15) is 5.60 Å². The Kier molecular flexibility index (Phi) is 4.71. The molecule has 1 N–H and O–H groups in total. The second-order valence-electron chi connectivity index (χ2n) is 6.91.